The maximum atomic E-state index is 5.59. The van der Waals surface area contributed by atoms with Gasteiger partial charge in [-0.3, -0.25) is 11.3 Å². The maximum Gasteiger partial charge on any atom is 0.216 e. The number of hydrogen-bond donors (Lipinski definition) is 2. The van der Waals surface area contributed by atoms with Gasteiger partial charge >= 0.3 is 0 Å². The van der Waals surface area contributed by atoms with Gasteiger partial charge in [0.25, 0.3) is 0 Å². The molecule has 3 N–H and O–H groups in total. The van der Waals surface area contributed by atoms with E-state index in [9.17, 15) is 0 Å². The molecule has 0 amide bonds. The van der Waals surface area contributed by atoms with Crippen molar-refractivity contribution in [2.45, 2.75) is 18.9 Å². The zero-order valence-corrected chi connectivity index (χ0v) is 11.0. The molecule has 0 fully saturated rings. The molecule has 0 saturated heterocycles. The fourth-order valence-corrected chi connectivity index (χ4v) is 2.42. The number of rotatable bonds is 6. The van der Waals surface area contributed by atoms with Crippen molar-refractivity contribution in [1.82, 2.24) is 15.4 Å². The Labute approximate surface area is 110 Å². The second-order valence-electron chi connectivity index (χ2n) is 3.87. The Morgan fingerprint density at radius 2 is 2.39 bits per heavy atom. The number of hydrazine groups is 1. The number of nitrogens with one attached hydrogen (secondary N) is 1. The number of hydrogen-bond acceptors (Lipinski definition) is 6. The molecule has 0 aliphatic heterocycles. The summed E-state index contributed by atoms with van der Waals surface area (Å²) in [6.07, 6.45) is 3.33. The van der Waals surface area contributed by atoms with Gasteiger partial charge in [-0.25, -0.2) is 9.97 Å². The summed E-state index contributed by atoms with van der Waals surface area (Å²) < 4.78 is 5.08. The second kappa shape index (κ2) is 6.44. The highest BCUT2D eigenvalue weighted by molar-refractivity contribution is 7.07. The van der Waals surface area contributed by atoms with Crippen molar-refractivity contribution in [3.63, 3.8) is 0 Å². The molecule has 2 heterocycles. The molecule has 2 aromatic rings. The van der Waals surface area contributed by atoms with Crippen LogP contribution in [0.1, 0.15) is 23.7 Å². The third-order valence-electron chi connectivity index (χ3n) is 2.73. The molecule has 0 saturated carbocycles. The highest BCUT2D eigenvalue weighted by atomic mass is 32.1. The standard InChI is InChI=1S/C12H16N4OS/c1-17-12-6-11(14-8-15-12)10(16-13)3-2-9-4-5-18-7-9/h4-8,10,16H,2-3,13H2,1H3. The molecule has 1 atom stereocenters. The molecule has 2 rings (SSSR count). The van der Waals surface area contributed by atoms with Crippen LogP contribution in [0.4, 0.5) is 0 Å². The summed E-state index contributed by atoms with van der Waals surface area (Å²) in [5, 5.41) is 4.22. The van der Waals surface area contributed by atoms with Crippen LogP contribution in [0.2, 0.25) is 0 Å². The van der Waals surface area contributed by atoms with E-state index >= 15 is 0 Å². The van der Waals surface area contributed by atoms with E-state index in [1.54, 1.807) is 24.5 Å². The lowest BCUT2D eigenvalue weighted by atomic mass is 10.1. The third-order valence-corrected chi connectivity index (χ3v) is 3.46. The molecule has 0 bridgehead atoms. The van der Waals surface area contributed by atoms with Crippen molar-refractivity contribution in [3.8, 4) is 5.88 Å². The minimum absolute atomic E-state index is 0.00167. The van der Waals surface area contributed by atoms with E-state index in [0.717, 1.165) is 18.5 Å². The van der Waals surface area contributed by atoms with Gasteiger partial charge in [0.05, 0.1) is 18.8 Å². The number of ether oxygens (including phenoxy) is 1. The minimum Gasteiger partial charge on any atom is -0.481 e. The lowest BCUT2D eigenvalue weighted by Crippen LogP contribution is -2.29. The predicted octanol–water partition coefficient (Wildman–Crippen LogP) is 1.68. The number of methoxy groups -OCH3 is 1. The lowest BCUT2D eigenvalue weighted by molar-refractivity contribution is 0.393. The number of nitrogens with zero attached hydrogens (tertiary/aromatic N) is 2. The van der Waals surface area contributed by atoms with Crippen molar-refractivity contribution in [1.29, 1.82) is 0 Å². The van der Waals surface area contributed by atoms with Crippen molar-refractivity contribution in [2.24, 2.45) is 5.84 Å². The molecular weight excluding hydrogens is 248 g/mol. The van der Waals surface area contributed by atoms with E-state index in [4.69, 9.17) is 10.6 Å². The van der Waals surface area contributed by atoms with Crippen LogP contribution >= 0.6 is 11.3 Å². The summed E-state index contributed by atoms with van der Waals surface area (Å²) in [6, 6.07) is 3.93. The predicted molar refractivity (Wildman–Crippen MR) is 71.3 cm³/mol. The molecule has 5 nitrogen and oxygen atoms in total. The number of thiophene rings is 1. The minimum atomic E-state index is 0.00167. The van der Waals surface area contributed by atoms with Crippen LogP contribution in [0.15, 0.2) is 29.2 Å². The Morgan fingerprint density at radius 3 is 3.06 bits per heavy atom. The molecule has 0 spiro atoms. The molecule has 0 aliphatic rings. The molecule has 0 radical (unpaired) electrons. The summed E-state index contributed by atoms with van der Waals surface area (Å²) in [6.45, 7) is 0. The van der Waals surface area contributed by atoms with E-state index in [-0.39, 0.29) is 6.04 Å². The quantitative estimate of drug-likeness (QED) is 0.613. The topological polar surface area (TPSA) is 73.1 Å². The van der Waals surface area contributed by atoms with Crippen LogP contribution in [-0.4, -0.2) is 17.1 Å². The fourth-order valence-electron chi connectivity index (χ4n) is 1.72. The zero-order chi connectivity index (χ0) is 12.8. The Balaban J connectivity index is 2.03. The van der Waals surface area contributed by atoms with Gasteiger partial charge in [0.1, 0.15) is 6.33 Å². The van der Waals surface area contributed by atoms with Gasteiger partial charge in [0, 0.05) is 6.07 Å². The van der Waals surface area contributed by atoms with Gasteiger partial charge in [0.15, 0.2) is 0 Å². The summed E-state index contributed by atoms with van der Waals surface area (Å²) in [7, 11) is 1.59. The van der Waals surface area contributed by atoms with E-state index in [2.05, 4.69) is 32.2 Å². The average molecular weight is 264 g/mol. The second-order valence-corrected chi connectivity index (χ2v) is 4.65. The SMILES string of the molecule is COc1cc(C(CCc2ccsc2)NN)ncn1. The summed E-state index contributed by atoms with van der Waals surface area (Å²) >= 11 is 1.70. The van der Waals surface area contributed by atoms with E-state index in [1.165, 1.54) is 11.9 Å². The molecular formula is C12H16N4OS. The van der Waals surface area contributed by atoms with Crippen LogP contribution in [0, 0.1) is 0 Å². The Hall–Kier alpha value is -1.50. The number of aryl methyl sites for hydroxylation is 1. The van der Waals surface area contributed by atoms with E-state index in [1.807, 2.05) is 0 Å². The average Bonchev–Trinajstić information content (AvgIpc) is 2.93. The number of nitrogens with two attached hydrogens (primary N) is 1. The Bertz CT molecular complexity index is 475. The summed E-state index contributed by atoms with van der Waals surface area (Å²) in [5.41, 5.74) is 4.96. The lowest BCUT2D eigenvalue weighted by Gasteiger charge is -2.15. The molecule has 18 heavy (non-hydrogen) atoms. The molecule has 0 aliphatic carbocycles. The van der Waals surface area contributed by atoms with Gasteiger partial charge in [-0.15, -0.1) is 0 Å². The van der Waals surface area contributed by atoms with Crippen molar-refractivity contribution in [3.05, 3.63) is 40.5 Å². The highest BCUT2D eigenvalue weighted by Gasteiger charge is 2.12. The van der Waals surface area contributed by atoms with Crippen LogP contribution in [0.25, 0.3) is 0 Å². The van der Waals surface area contributed by atoms with Gasteiger partial charge in [0.2, 0.25) is 5.88 Å². The maximum absolute atomic E-state index is 5.59. The Morgan fingerprint density at radius 1 is 1.50 bits per heavy atom. The van der Waals surface area contributed by atoms with Crippen LogP contribution in [0.5, 0.6) is 5.88 Å². The van der Waals surface area contributed by atoms with Crippen LogP contribution in [0.3, 0.4) is 0 Å². The smallest absolute Gasteiger partial charge is 0.216 e. The van der Waals surface area contributed by atoms with Gasteiger partial charge in [-0.05, 0) is 35.2 Å². The molecule has 0 aromatic carbocycles. The molecule has 1 unspecified atom stereocenters. The van der Waals surface area contributed by atoms with Crippen LogP contribution < -0.4 is 16.0 Å². The first kappa shape index (κ1) is 12.9. The summed E-state index contributed by atoms with van der Waals surface area (Å²) in [5.74, 6) is 6.14. The molecule has 96 valence electrons. The summed E-state index contributed by atoms with van der Waals surface area (Å²) in [4.78, 5) is 8.21. The van der Waals surface area contributed by atoms with Gasteiger partial charge in [-0.2, -0.15) is 11.3 Å². The highest BCUT2D eigenvalue weighted by Crippen LogP contribution is 2.19. The normalized spacial score (nSPS) is 12.3. The van der Waals surface area contributed by atoms with Crippen molar-refractivity contribution in [2.75, 3.05) is 7.11 Å². The largest absolute Gasteiger partial charge is 0.481 e. The Kier molecular flexibility index (Phi) is 4.63. The first-order valence-electron chi connectivity index (χ1n) is 5.66. The van der Waals surface area contributed by atoms with E-state index < -0.39 is 0 Å². The van der Waals surface area contributed by atoms with Crippen molar-refractivity contribution < 1.29 is 4.74 Å². The monoisotopic (exact) mass is 264 g/mol. The fraction of sp³-hybridized carbons (Fsp3) is 0.333. The number of aromatic nitrogens is 2. The van der Waals surface area contributed by atoms with E-state index in [0.29, 0.717) is 5.88 Å². The van der Waals surface area contributed by atoms with Gasteiger partial charge in [-0.1, -0.05) is 0 Å². The van der Waals surface area contributed by atoms with Gasteiger partial charge < -0.3 is 4.74 Å². The third kappa shape index (κ3) is 3.25. The molecule has 6 heteroatoms. The first-order valence-corrected chi connectivity index (χ1v) is 6.61. The van der Waals surface area contributed by atoms with Crippen LogP contribution in [-0.2, 0) is 6.42 Å². The first-order chi connectivity index (χ1) is 8.83. The van der Waals surface area contributed by atoms with Crippen molar-refractivity contribution >= 4 is 11.3 Å². The zero-order valence-electron chi connectivity index (χ0n) is 10.2. The molecule has 2 aromatic heterocycles.